The predicted octanol–water partition coefficient (Wildman–Crippen LogP) is 1.95. The van der Waals surface area contributed by atoms with E-state index in [1.165, 1.54) is 30.6 Å². The van der Waals surface area contributed by atoms with E-state index in [1.807, 2.05) is 11.3 Å². The third-order valence-corrected chi connectivity index (χ3v) is 4.52. The molecule has 1 aromatic rings. The van der Waals surface area contributed by atoms with Crippen LogP contribution in [0.4, 0.5) is 0 Å². The highest BCUT2D eigenvalue weighted by Gasteiger charge is 2.14. The Morgan fingerprint density at radius 1 is 1.22 bits per heavy atom. The van der Waals surface area contributed by atoms with Gasteiger partial charge in [-0.2, -0.15) is 0 Å². The van der Waals surface area contributed by atoms with E-state index in [0.29, 0.717) is 0 Å². The zero-order valence-electron chi connectivity index (χ0n) is 11.3. The van der Waals surface area contributed by atoms with Gasteiger partial charge in [0.1, 0.15) is 0 Å². The van der Waals surface area contributed by atoms with Crippen LogP contribution in [-0.4, -0.2) is 33.4 Å². The molecule has 0 saturated carbocycles. The average molecular weight is 268 g/mol. The first-order valence-electron chi connectivity index (χ1n) is 6.91. The number of aryl methyl sites for hydroxylation is 2. The molecule has 0 aromatic carbocycles. The Morgan fingerprint density at radius 2 is 2.11 bits per heavy atom. The number of nitrogens with one attached hydrogen (secondary N) is 2. The molecule has 1 heterocycles. The van der Waals surface area contributed by atoms with Gasteiger partial charge in [-0.05, 0) is 50.4 Å². The second kappa shape index (κ2) is 7.89. The van der Waals surface area contributed by atoms with Gasteiger partial charge in [0, 0.05) is 30.0 Å². The van der Waals surface area contributed by atoms with E-state index in [4.69, 9.17) is 4.74 Å². The Morgan fingerprint density at radius 3 is 2.94 bits per heavy atom. The van der Waals surface area contributed by atoms with Gasteiger partial charge in [0.2, 0.25) is 0 Å². The predicted molar refractivity (Wildman–Crippen MR) is 77.4 cm³/mol. The molecule has 4 heteroatoms. The summed E-state index contributed by atoms with van der Waals surface area (Å²) in [5, 5.41) is 6.87. The molecule has 0 spiro atoms. The number of hydrogen-bond donors (Lipinski definition) is 2. The van der Waals surface area contributed by atoms with Gasteiger partial charge < -0.3 is 15.4 Å². The normalized spacial score (nSPS) is 14.1. The number of thiophene rings is 1. The summed E-state index contributed by atoms with van der Waals surface area (Å²) in [7, 11) is 1.74. The molecule has 0 unspecified atom stereocenters. The van der Waals surface area contributed by atoms with E-state index in [0.717, 1.165) is 32.8 Å². The molecule has 0 aliphatic heterocycles. The minimum absolute atomic E-state index is 0.800. The standard InChI is InChI=1S/C14H24N2OS/c1-17-9-8-15-6-3-7-16-11-13-10-12-4-2-5-14(12)18-13/h10,15-16H,2-9,11H2,1H3. The van der Waals surface area contributed by atoms with E-state index in [1.54, 1.807) is 17.6 Å². The molecule has 1 aliphatic carbocycles. The highest BCUT2D eigenvalue weighted by atomic mass is 32.1. The van der Waals surface area contributed by atoms with E-state index >= 15 is 0 Å². The molecule has 3 nitrogen and oxygen atoms in total. The van der Waals surface area contributed by atoms with Crippen LogP contribution in [0.1, 0.15) is 28.2 Å². The second-order valence-corrected chi connectivity index (χ2v) is 6.01. The van der Waals surface area contributed by atoms with E-state index in [-0.39, 0.29) is 0 Å². The highest BCUT2D eigenvalue weighted by molar-refractivity contribution is 7.12. The van der Waals surface area contributed by atoms with Crippen LogP contribution in [-0.2, 0) is 24.1 Å². The van der Waals surface area contributed by atoms with Crippen molar-refractivity contribution in [2.45, 2.75) is 32.2 Å². The number of rotatable bonds is 9. The van der Waals surface area contributed by atoms with Crippen molar-refractivity contribution >= 4 is 11.3 Å². The number of fused-ring (bicyclic) bond motifs is 1. The maximum atomic E-state index is 4.98. The highest BCUT2D eigenvalue weighted by Crippen LogP contribution is 2.30. The van der Waals surface area contributed by atoms with Gasteiger partial charge in [-0.25, -0.2) is 0 Å². The zero-order chi connectivity index (χ0) is 12.6. The number of hydrogen-bond acceptors (Lipinski definition) is 4. The van der Waals surface area contributed by atoms with Gasteiger partial charge in [-0.1, -0.05) is 0 Å². The first-order valence-corrected chi connectivity index (χ1v) is 7.72. The average Bonchev–Trinajstić information content (AvgIpc) is 2.93. The van der Waals surface area contributed by atoms with Crippen LogP contribution in [0, 0.1) is 0 Å². The molecule has 2 N–H and O–H groups in total. The summed E-state index contributed by atoms with van der Waals surface area (Å²) >= 11 is 2.00. The van der Waals surface area contributed by atoms with Crippen LogP contribution in [0.15, 0.2) is 6.07 Å². The quantitative estimate of drug-likeness (QED) is 0.672. The molecule has 0 bridgehead atoms. The molecular formula is C14H24N2OS. The molecule has 0 amide bonds. The van der Waals surface area contributed by atoms with Crippen LogP contribution in [0.3, 0.4) is 0 Å². The van der Waals surface area contributed by atoms with Crippen molar-refractivity contribution in [2.24, 2.45) is 0 Å². The van der Waals surface area contributed by atoms with Crippen molar-refractivity contribution in [1.82, 2.24) is 10.6 Å². The largest absolute Gasteiger partial charge is 0.383 e. The first-order chi connectivity index (χ1) is 8.90. The molecule has 2 rings (SSSR count). The Bertz CT molecular complexity index is 330. The zero-order valence-corrected chi connectivity index (χ0v) is 12.1. The molecule has 0 fully saturated rings. The summed E-state index contributed by atoms with van der Waals surface area (Å²) in [6.07, 6.45) is 5.15. The van der Waals surface area contributed by atoms with Crippen LogP contribution >= 0.6 is 11.3 Å². The molecule has 0 radical (unpaired) electrons. The molecular weight excluding hydrogens is 244 g/mol. The van der Waals surface area contributed by atoms with E-state index < -0.39 is 0 Å². The van der Waals surface area contributed by atoms with Gasteiger partial charge in [0.25, 0.3) is 0 Å². The van der Waals surface area contributed by atoms with Crippen LogP contribution in [0.2, 0.25) is 0 Å². The summed E-state index contributed by atoms with van der Waals surface area (Å²) in [6, 6.07) is 2.40. The van der Waals surface area contributed by atoms with Gasteiger partial charge in [-0.15, -0.1) is 11.3 Å². The van der Waals surface area contributed by atoms with Gasteiger partial charge >= 0.3 is 0 Å². The lowest BCUT2D eigenvalue weighted by Gasteiger charge is -2.05. The summed E-state index contributed by atoms with van der Waals surface area (Å²) in [4.78, 5) is 3.14. The van der Waals surface area contributed by atoms with Crippen molar-refractivity contribution in [1.29, 1.82) is 0 Å². The number of methoxy groups -OCH3 is 1. The summed E-state index contributed by atoms with van der Waals surface area (Å²) < 4.78 is 4.98. The fourth-order valence-electron chi connectivity index (χ4n) is 2.33. The van der Waals surface area contributed by atoms with Crippen LogP contribution in [0.25, 0.3) is 0 Å². The first kappa shape index (κ1) is 14.0. The fraction of sp³-hybridized carbons (Fsp3) is 0.714. The molecule has 0 saturated heterocycles. The van der Waals surface area contributed by atoms with Crippen molar-refractivity contribution in [3.8, 4) is 0 Å². The Balaban J connectivity index is 1.50. The minimum Gasteiger partial charge on any atom is -0.383 e. The monoisotopic (exact) mass is 268 g/mol. The Kier molecular flexibility index (Phi) is 6.14. The minimum atomic E-state index is 0.800. The molecule has 1 aromatic heterocycles. The summed E-state index contributed by atoms with van der Waals surface area (Å²) in [6.45, 7) is 4.94. The summed E-state index contributed by atoms with van der Waals surface area (Å²) in [5.74, 6) is 0. The Hall–Kier alpha value is -0.420. The van der Waals surface area contributed by atoms with Gasteiger partial charge in [0.15, 0.2) is 0 Å². The lowest BCUT2D eigenvalue weighted by Crippen LogP contribution is -2.24. The summed E-state index contributed by atoms with van der Waals surface area (Å²) in [5.41, 5.74) is 1.61. The van der Waals surface area contributed by atoms with Crippen LogP contribution in [0.5, 0.6) is 0 Å². The molecule has 0 atom stereocenters. The lowest BCUT2D eigenvalue weighted by molar-refractivity contribution is 0.199. The third kappa shape index (κ3) is 4.35. The van der Waals surface area contributed by atoms with Gasteiger partial charge in [0.05, 0.1) is 6.61 Å². The lowest BCUT2D eigenvalue weighted by atomic mass is 10.2. The molecule has 102 valence electrons. The van der Waals surface area contributed by atoms with Crippen molar-refractivity contribution < 1.29 is 4.74 Å². The van der Waals surface area contributed by atoms with E-state index in [2.05, 4.69) is 16.7 Å². The molecule has 1 aliphatic rings. The SMILES string of the molecule is COCCNCCCNCc1cc2c(s1)CCC2. The third-order valence-electron chi connectivity index (χ3n) is 3.29. The van der Waals surface area contributed by atoms with Crippen LogP contribution < -0.4 is 10.6 Å². The topological polar surface area (TPSA) is 33.3 Å². The van der Waals surface area contributed by atoms with E-state index in [9.17, 15) is 0 Å². The maximum Gasteiger partial charge on any atom is 0.0587 e. The fourth-order valence-corrected chi connectivity index (χ4v) is 3.56. The van der Waals surface area contributed by atoms with Gasteiger partial charge in [-0.3, -0.25) is 0 Å². The Labute approximate surface area is 114 Å². The number of ether oxygens (including phenoxy) is 1. The molecule has 18 heavy (non-hydrogen) atoms. The van der Waals surface area contributed by atoms with Crippen molar-refractivity contribution in [3.63, 3.8) is 0 Å². The second-order valence-electron chi connectivity index (χ2n) is 4.79. The van der Waals surface area contributed by atoms with Crippen molar-refractivity contribution in [2.75, 3.05) is 33.4 Å². The maximum absolute atomic E-state index is 4.98. The van der Waals surface area contributed by atoms with Crippen molar-refractivity contribution in [3.05, 3.63) is 21.4 Å². The smallest absolute Gasteiger partial charge is 0.0587 e.